The third-order valence-corrected chi connectivity index (χ3v) is 3.72. The van der Waals surface area contributed by atoms with Gasteiger partial charge in [0.1, 0.15) is 6.54 Å². The van der Waals surface area contributed by atoms with Gasteiger partial charge in [0.15, 0.2) is 5.00 Å². The first-order valence-electron chi connectivity index (χ1n) is 5.43. The first-order chi connectivity index (χ1) is 8.65. The molecule has 0 spiro atoms. The summed E-state index contributed by atoms with van der Waals surface area (Å²) in [5.41, 5.74) is -0.410. The average Bonchev–Trinajstić information content (AvgIpc) is 2.69. The monoisotopic (exact) mass is 298 g/mol. The average molecular weight is 298 g/mol. The zero-order chi connectivity index (χ0) is 14.8. The smallest absolute Gasteiger partial charge is 0.388 e. The molecule has 1 rings (SSSR count). The quantitative estimate of drug-likeness (QED) is 0.670. The van der Waals surface area contributed by atoms with Crippen molar-refractivity contribution in [3.63, 3.8) is 0 Å². The molecule has 0 radical (unpaired) electrons. The van der Waals surface area contributed by atoms with Crippen LogP contribution in [0.1, 0.15) is 24.8 Å². The van der Waals surface area contributed by atoms with E-state index in [0.717, 1.165) is 22.3 Å². The van der Waals surface area contributed by atoms with Crippen LogP contribution in [0.2, 0.25) is 0 Å². The lowest BCUT2D eigenvalue weighted by molar-refractivity contribution is -0.383. The van der Waals surface area contributed by atoms with Crippen LogP contribution in [-0.4, -0.2) is 29.3 Å². The van der Waals surface area contributed by atoms with Crippen molar-refractivity contribution in [3.05, 3.63) is 21.1 Å². The Morgan fingerprint density at radius 1 is 1.58 bits per heavy atom. The highest BCUT2D eigenvalue weighted by Gasteiger charge is 2.34. The summed E-state index contributed by atoms with van der Waals surface area (Å²) in [4.78, 5) is 11.3. The zero-order valence-electron chi connectivity index (χ0n) is 10.3. The van der Waals surface area contributed by atoms with Gasteiger partial charge in [0.2, 0.25) is 0 Å². The molecule has 1 heterocycles. The van der Waals surface area contributed by atoms with Crippen LogP contribution >= 0.6 is 11.3 Å². The van der Waals surface area contributed by atoms with Crippen molar-refractivity contribution in [1.82, 2.24) is 0 Å². The summed E-state index contributed by atoms with van der Waals surface area (Å²) in [6.07, 6.45) is -5.40. The molecular formula is C10H13F3N2O3S. The molecule has 1 aromatic heterocycles. The molecule has 0 aliphatic carbocycles. The summed E-state index contributed by atoms with van der Waals surface area (Å²) in [5.74, 6) is 0. The highest BCUT2D eigenvalue weighted by molar-refractivity contribution is 7.16. The van der Waals surface area contributed by atoms with E-state index >= 15 is 0 Å². The molecule has 9 heteroatoms. The molecule has 0 aliphatic heterocycles. The predicted molar refractivity (Wildman–Crippen MR) is 65.5 cm³/mol. The molecule has 5 nitrogen and oxygen atoms in total. The Labute approximate surface area is 111 Å². The first-order valence-corrected chi connectivity index (χ1v) is 6.25. The van der Waals surface area contributed by atoms with Gasteiger partial charge in [0, 0.05) is 17.5 Å². The third kappa shape index (κ3) is 4.06. The molecule has 0 saturated heterocycles. The molecule has 0 bridgehead atoms. The summed E-state index contributed by atoms with van der Waals surface area (Å²) in [5, 5.41) is 20.2. The molecular weight excluding hydrogens is 285 g/mol. The lowest BCUT2D eigenvalue weighted by Gasteiger charge is -2.21. The molecule has 19 heavy (non-hydrogen) atoms. The fourth-order valence-electron chi connectivity index (χ4n) is 1.50. The van der Waals surface area contributed by atoms with Crippen LogP contribution in [0.5, 0.6) is 0 Å². The Morgan fingerprint density at radius 2 is 2.16 bits per heavy atom. The topological polar surface area (TPSA) is 66.6 Å². The number of nitro groups is 1. The number of nitrogens with zero attached hydrogens (tertiary/aromatic N) is 2. The van der Waals surface area contributed by atoms with Crippen LogP contribution in [-0.2, 0) is 0 Å². The van der Waals surface area contributed by atoms with Crippen LogP contribution in [0.25, 0.3) is 0 Å². The van der Waals surface area contributed by atoms with Crippen LogP contribution in [0, 0.1) is 10.1 Å². The van der Waals surface area contributed by atoms with Crippen molar-refractivity contribution >= 4 is 22.0 Å². The van der Waals surface area contributed by atoms with Crippen molar-refractivity contribution in [2.45, 2.75) is 26.1 Å². The normalized spacial score (nSPS) is 13.4. The highest BCUT2D eigenvalue weighted by atomic mass is 32.1. The number of alkyl halides is 3. The fraction of sp³-hybridized carbons (Fsp3) is 0.600. The first kappa shape index (κ1) is 15.7. The van der Waals surface area contributed by atoms with Gasteiger partial charge in [-0.05, 0) is 13.8 Å². The summed E-state index contributed by atoms with van der Waals surface area (Å²) < 4.78 is 37.3. The molecule has 1 N–H and O–H groups in total. The maximum atomic E-state index is 12.4. The second kappa shape index (κ2) is 5.74. The van der Waals surface area contributed by atoms with Gasteiger partial charge in [-0.1, -0.05) is 0 Å². The summed E-state index contributed by atoms with van der Waals surface area (Å²) in [6, 6.07) is 1.11. The molecule has 1 aromatic rings. The molecule has 0 aromatic carbocycles. The van der Waals surface area contributed by atoms with E-state index in [0.29, 0.717) is 0 Å². The van der Waals surface area contributed by atoms with E-state index in [1.807, 2.05) is 0 Å². The Bertz CT molecular complexity index is 459. The summed E-state index contributed by atoms with van der Waals surface area (Å²) in [6.45, 7) is 1.61. The lowest BCUT2D eigenvalue weighted by Crippen LogP contribution is -2.33. The minimum Gasteiger partial charge on any atom is -0.388 e. The van der Waals surface area contributed by atoms with Gasteiger partial charge in [-0.15, -0.1) is 11.3 Å². The van der Waals surface area contributed by atoms with Gasteiger partial charge in [0.25, 0.3) is 0 Å². The van der Waals surface area contributed by atoms with Crippen LogP contribution < -0.4 is 4.90 Å². The minimum atomic E-state index is -4.45. The standard InChI is InChI=1S/C10H13F3N2O3S/c1-3-14(5-10(11,12)13)9-7(15(17)18)4-8(19-9)6(2)16/h4,6,16H,3,5H2,1-2H3/t6-/m0/s1. The van der Waals surface area contributed by atoms with E-state index in [-0.39, 0.29) is 16.4 Å². The Balaban J connectivity index is 3.18. The maximum Gasteiger partial charge on any atom is 0.405 e. The minimum absolute atomic E-state index is 0.0138. The van der Waals surface area contributed by atoms with Gasteiger partial charge < -0.3 is 10.0 Å². The van der Waals surface area contributed by atoms with Crippen molar-refractivity contribution in [3.8, 4) is 0 Å². The number of aliphatic hydroxyl groups is 1. The lowest BCUT2D eigenvalue weighted by atomic mass is 10.3. The number of thiophene rings is 1. The Hall–Kier alpha value is -1.35. The number of aliphatic hydroxyl groups excluding tert-OH is 1. The van der Waals surface area contributed by atoms with Crippen molar-refractivity contribution in [1.29, 1.82) is 0 Å². The van der Waals surface area contributed by atoms with E-state index in [1.54, 1.807) is 0 Å². The van der Waals surface area contributed by atoms with Gasteiger partial charge in [-0.2, -0.15) is 13.2 Å². The summed E-state index contributed by atoms with van der Waals surface area (Å²) in [7, 11) is 0. The van der Waals surface area contributed by atoms with Crippen molar-refractivity contribution in [2.75, 3.05) is 18.0 Å². The maximum absolute atomic E-state index is 12.4. The molecule has 0 unspecified atom stereocenters. The molecule has 0 amide bonds. The molecule has 1 atom stereocenters. The SMILES string of the molecule is CCN(CC(F)(F)F)c1sc([C@H](C)O)cc1[N+](=O)[O-]. The molecule has 0 saturated carbocycles. The van der Waals surface area contributed by atoms with Crippen LogP contribution in [0.15, 0.2) is 6.07 Å². The second-order valence-electron chi connectivity index (χ2n) is 3.90. The van der Waals surface area contributed by atoms with Gasteiger partial charge in [-0.3, -0.25) is 10.1 Å². The van der Waals surface area contributed by atoms with Crippen molar-refractivity contribution < 1.29 is 23.2 Å². The van der Waals surface area contributed by atoms with Gasteiger partial charge in [0.05, 0.1) is 11.0 Å². The number of rotatable bonds is 5. The second-order valence-corrected chi connectivity index (χ2v) is 4.96. The molecule has 108 valence electrons. The van der Waals surface area contributed by atoms with E-state index < -0.39 is 29.4 Å². The fourth-order valence-corrected chi connectivity index (χ4v) is 2.62. The number of hydrogen-bond donors (Lipinski definition) is 1. The Morgan fingerprint density at radius 3 is 2.53 bits per heavy atom. The number of hydrogen-bond acceptors (Lipinski definition) is 5. The van der Waals surface area contributed by atoms with Gasteiger partial charge >= 0.3 is 11.9 Å². The summed E-state index contributed by atoms with van der Waals surface area (Å²) >= 11 is 0.804. The van der Waals surface area contributed by atoms with E-state index in [9.17, 15) is 28.4 Å². The van der Waals surface area contributed by atoms with Gasteiger partial charge in [-0.25, -0.2) is 0 Å². The largest absolute Gasteiger partial charge is 0.405 e. The van der Waals surface area contributed by atoms with E-state index in [4.69, 9.17) is 0 Å². The predicted octanol–water partition coefficient (Wildman–Crippen LogP) is 3.10. The van der Waals surface area contributed by atoms with Crippen molar-refractivity contribution in [2.24, 2.45) is 0 Å². The van der Waals surface area contributed by atoms with E-state index in [2.05, 4.69) is 0 Å². The third-order valence-electron chi connectivity index (χ3n) is 2.36. The molecule has 0 fully saturated rings. The molecule has 0 aliphatic rings. The number of anilines is 1. The number of halogens is 3. The van der Waals surface area contributed by atoms with Crippen LogP contribution in [0.3, 0.4) is 0 Å². The van der Waals surface area contributed by atoms with Crippen LogP contribution in [0.4, 0.5) is 23.9 Å². The zero-order valence-corrected chi connectivity index (χ0v) is 11.1. The Kier molecular flexibility index (Phi) is 4.75. The van der Waals surface area contributed by atoms with E-state index in [1.165, 1.54) is 13.8 Å². The highest BCUT2D eigenvalue weighted by Crippen LogP contribution is 2.40.